The van der Waals surface area contributed by atoms with E-state index in [0.717, 1.165) is 12.1 Å². The molecule has 0 unspecified atom stereocenters. The number of nitrogens with zero attached hydrogens (tertiary/aromatic N) is 2. The summed E-state index contributed by atoms with van der Waals surface area (Å²) in [6.07, 6.45) is -4.41. The minimum Gasteiger partial charge on any atom is -0.383 e. The summed E-state index contributed by atoms with van der Waals surface area (Å²) < 4.78 is 37.2. The minimum absolute atomic E-state index is 0.0659. The number of hydrogen-bond donors (Lipinski definition) is 2. The molecule has 7 heteroatoms. The van der Waals surface area contributed by atoms with Gasteiger partial charge in [0.2, 0.25) is 5.95 Å². The van der Waals surface area contributed by atoms with Crippen molar-refractivity contribution >= 4 is 22.7 Å². The molecule has 0 atom stereocenters. The van der Waals surface area contributed by atoms with E-state index in [1.165, 1.54) is 6.07 Å². The number of anilines is 2. The lowest BCUT2D eigenvalue weighted by Crippen LogP contribution is -2.06. The fourth-order valence-corrected chi connectivity index (χ4v) is 1.35. The van der Waals surface area contributed by atoms with Gasteiger partial charge in [-0.05, 0) is 18.2 Å². The summed E-state index contributed by atoms with van der Waals surface area (Å²) in [6, 6.07) is 3.05. The minimum atomic E-state index is -4.41. The van der Waals surface area contributed by atoms with Crippen molar-refractivity contribution in [2.24, 2.45) is 0 Å². The first-order chi connectivity index (χ1) is 7.38. The zero-order valence-electron chi connectivity index (χ0n) is 7.92. The Morgan fingerprint density at radius 2 is 1.75 bits per heavy atom. The number of benzene rings is 1. The van der Waals surface area contributed by atoms with Gasteiger partial charge in [0.1, 0.15) is 5.82 Å². The summed E-state index contributed by atoms with van der Waals surface area (Å²) in [4.78, 5) is 7.35. The molecule has 0 aliphatic carbocycles. The highest BCUT2D eigenvalue weighted by atomic mass is 19.4. The predicted octanol–water partition coefficient (Wildman–Crippen LogP) is 1.81. The van der Waals surface area contributed by atoms with Crippen LogP contribution in [-0.4, -0.2) is 9.97 Å². The number of hydrogen-bond acceptors (Lipinski definition) is 4. The molecule has 84 valence electrons. The molecule has 0 radical (unpaired) electrons. The smallest absolute Gasteiger partial charge is 0.383 e. The second-order valence-corrected chi connectivity index (χ2v) is 3.20. The van der Waals surface area contributed by atoms with Gasteiger partial charge >= 0.3 is 6.18 Å². The second-order valence-electron chi connectivity index (χ2n) is 3.20. The first-order valence-electron chi connectivity index (χ1n) is 4.28. The Balaban J connectivity index is 2.71. The fraction of sp³-hybridized carbons (Fsp3) is 0.111. The van der Waals surface area contributed by atoms with E-state index in [1.807, 2.05) is 0 Å². The monoisotopic (exact) mass is 228 g/mol. The normalized spacial score (nSPS) is 11.9. The summed E-state index contributed by atoms with van der Waals surface area (Å²) in [7, 11) is 0. The van der Waals surface area contributed by atoms with Crippen LogP contribution in [0.4, 0.5) is 24.9 Å². The van der Waals surface area contributed by atoms with Crippen LogP contribution >= 0.6 is 0 Å². The van der Waals surface area contributed by atoms with Crippen LogP contribution in [0.1, 0.15) is 5.56 Å². The van der Waals surface area contributed by atoms with Gasteiger partial charge in [0.25, 0.3) is 0 Å². The maximum Gasteiger partial charge on any atom is 0.416 e. The number of nitrogens with two attached hydrogens (primary N) is 2. The van der Waals surface area contributed by atoms with Gasteiger partial charge in [-0.3, -0.25) is 0 Å². The number of rotatable bonds is 0. The molecule has 1 aromatic heterocycles. The van der Waals surface area contributed by atoms with Gasteiger partial charge < -0.3 is 11.5 Å². The van der Waals surface area contributed by atoms with Crippen LogP contribution in [0.2, 0.25) is 0 Å². The average molecular weight is 228 g/mol. The molecule has 1 heterocycles. The van der Waals surface area contributed by atoms with Crippen LogP contribution in [0.5, 0.6) is 0 Å². The predicted molar refractivity (Wildman–Crippen MR) is 53.4 cm³/mol. The van der Waals surface area contributed by atoms with Crippen molar-refractivity contribution in [3.05, 3.63) is 23.8 Å². The van der Waals surface area contributed by atoms with Crippen LogP contribution in [0.25, 0.3) is 10.9 Å². The first kappa shape index (κ1) is 10.5. The van der Waals surface area contributed by atoms with Crippen molar-refractivity contribution in [1.82, 2.24) is 9.97 Å². The summed E-state index contributed by atoms with van der Waals surface area (Å²) in [5, 5.41) is 0.349. The number of alkyl halides is 3. The topological polar surface area (TPSA) is 77.8 Å². The SMILES string of the molecule is Nc1nc(N)c2ccc(C(F)(F)F)cc2n1. The van der Waals surface area contributed by atoms with Crippen molar-refractivity contribution in [1.29, 1.82) is 0 Å². The zero-order valence-corrected chi connectivity index (χ0v) is 7.92. The van der Waals surface area contributed by atoms with Gasteiger partial charge in [-0.15, -0.1) is 0 Å². The van der Waals surface area contributed by atoms with E-state index >= 15 is 0 Å². The molecule has 0 amide bonds. The van der Waals surface area contributed by atoms with Gasteiger partial charge in [0.15, 0.2) is 0 Å². The van der Waals surface area contributed by atoms with Crippen LogP contribution in [-0.2, 0) is 6.18 Å². The lowest BCUT2D eigenvalue weighted by molar-refractivity contribution is -0.137. The van der Waals surface area contributed by atoms with Gasteiger partial charge in [-0.25, -0.2) is 4.98 Å². The van der Waals surface area contributed by atoms with Crippen LogP contribution in [0.3, 0.4) is 0 Å². The molecule has 4 nitrogen and oxygen atoms in total. The van der Waals surface area contributed by atoms with E-state index < -0.39 is 11.7 Å². The van der Waals surface area contributed by atoms with E-state index in [2.05, 4.69) is 9.97 Å². The standard InChI is InChI=1S/C9H7F3N4/c10-9(11,12)4-1-2-5-6(3-4)15-8(14)16-7(5)13/h1-3H,(H4,13,14,15,16). The first-order valence-corrected chi connectivity index (χ1v) is 4.28. The maximum atomic E-state index is 12.4. The third kappa shape index (κ3) is 1.71. The Morgan fingerprint density at radius 3 is 2.38 bits per heavy atom. The zero-order chi connectivity index (χ0) is 11.9. The molecule has 0 saturated heterocycles. The Morgan fingerprint density at radius 1 is 1.06 bits per heavy atom. The van der Waals surface area contributed by atoms with E-state index in [1.54, 1.807) is 0 Å². The van der Waals surface area contributed by atoms with Crippen LogP contribution < -0.4 is 11.5 Å². The second kappa shape index (κ2) is 3.22. The Labute approximate surface area is 88.1 Å². The highest BCUT2D eigenvalue weighted by molar-refractivity contribution is 5.89. The van der Waals surface area contributed by atoms with E-state index in [4.69, 9.17) is 11.5 Å². The van der Waals surface area contributed by atoms with Crippen LogP contribution in [0, 0.1) is 0 Å². The molecule has 4 N–H and O–H groups in total. The molecule has 0 aliphatic heterocycles. The molecule has 1 aromatic carbocycles. The summed E-state index contributed by atoms with van der Waals surface area (Å²) in [5.74, 6) is -0.0828. The van der Waals surface area contributed by atoms with Gasteiger partial charge in [0.05, 0.1) is 11.1 Å². The molecule has 2 aromatic rings. The Kier molecular flexibility index (Phi) is 2.11. The average Bonchev–Trinajstić information content (AvgIpc) is 2.15. The van der Waals surface area contributed by atoms with Crippen molar-refractivity contribution < 1.29 is 13.2 Å². The molecular formula is C9H7F3N4. The van der Waals surface area contributed by atoms with E-state index in [-0.39, 0.29) is 17.3 Å². The van der Waals surface area contributed by atoms with Crippen molar-refractivity contribution in [2.45, 2.75) is 6.18 Å². The quantitative estimate of drug-likeness (QED) is 0.720. The number of aromatic nitrogens is 2. The number of nitrogen functional groups attached to an aromatic ring is 2. The van der Waals surface area contributed by atoms with E-state index in [0.29, 0.717) is 5.39 Å². The van der Waals surface area contributed by atoms with Crippen molar-refractivity contribution in [2.75, 3.05) is 11.5 Å². The van der Waals surface area contributed by atoms with Crippen molar-refractivity contribution in [3.63, 3.8) is 0 Å². The van der Waals surface area contributed by atoms with Gasteiger partial charge in [-0.1, -0.05) is 0 Å². The third-order valence-corrected chi connectivity index (χ3v) is 2.07. The largest absolute Gasteiger partial charge is 0.416 e. The number of fused-ring (bicyclic) bond motifs is 1. The van der Waals surface area contributed by atoms with Gasteiger partial charge in [-0.2, -0.15) is 18.2 Å². The Hall–Kier alpha value is -2.05. The maximum absolute atomic E-state index is 12.4. The highest BCUT2D eigenvalue weighted by Crippen LogP contribution is 2.31. The summed E-state index contributed by atoms with van der Waals surface area (Å²) in [6.45, 7) is 0. The highest BCUT2D eigenvalue weighted by Gasteiger charge is 2.30. The fourth-order valence-electron chi connectivity index (χ4n) is 1.35. The van der Waals surface area contributed by atoms with Crippen molar-refractivity contribution in [3.8, 4) is 0 Å². The van der Waals surface area contributed by atoms with Crippen LogP contribution in [0.15, 0.2) is 18.2 Å². The van der Waals surface area contributed by atoms with Gasteiger partial charge in [0, 0.05) is 5.39 Å². The Bertz CT molecular complexity index is 550. The lowest BCUT2D eigenvalue weighted by Gasteiger charge is -2.08. The molecule has 0 saturated carbocycles. The third-order valence-electron chi connectivity index (χ3n) is 2.07. The molecular weight excluding hydrogens is 221 g/mol. The molecule has 16 heavy (non-hydrogen) atoms. The molecule has 0 bridgehead atoms. The number of halogens is 3. The molecule has 0 spiro atoms. The summed E-state index contributed by atoms with van der Waals surface area (Å²) >= 11 is 0. The molecule has 0 fully saturated rings. The molecule has 0 aliphatic rings. The molecule has 2 rings (SSSR count). The van der Waals surface area contributed by atoms with E-state index in [9.17, 15) is 13.2 Å². The lowest BCUT2D eigenvalue weighted by atomic mass is 10.1. The summed E-state index contributed by atoms with van der Waals surface area (Å²) in [5.41, 5.74) is 10.1.